The number of hydrogen-bond donors (Lipinski definition) is 1. The van der Waals surface area contributed by atoms with Gasteiger partial charge in [-0.1, -0.05) is 60.7 Å². The molecule has 0 aliphatic heterocycles. The number of hydrogen-bond acceptors (Lipinski definition) is 4. The molecule has 0 aliphatic rings. The van der Waals surface area contributed by atoms with Gasteiger partial charge in [-0.25, -0.2) is 4.98 Å². The number of benzene rings is 2. The van der Waals surface area contributed by atoms with Crippen molar-refractivity contribution in [2.45, 2.75) is 6.42 Å². The van der Waals surface area contributed by atoms with Crippen molar-refractivity contribution in [1.29, 1.82) is 5.26 Å². The van der Waals surface area contributed by atoms with Gasteiger partial charge in [0.2, 0.25) is 0 Å². The molecule has 1 N–H and O–H groups in total. The van der Waals surface area contributed by atoms with Crippen LogP contribution < -0.4 is 5.32 Å². The van der Waals surface area contributed by atoms with Gasteiger partial charge in [-0.3, -0.25) is 4.79 Å². The zero-order chi connectivity index (χ0) is 18.2. The maximum atomic E-state index is 12.2. The fourth-order valence-corrected chi connectivity index (χ4v) is 3.19. The highest BCUT2D eigenvalue weighted by molar-refractivity contribution is 7.10. The molecule has 1 aromatic heterocycles. The van der Waals surface area contributed by atoms with Gasteiger partial charge >= 0.3 is 0 Å². The topological polar surface area (TPSA) is 65.8 Å². The zero-order valence-electron chi connectivity index (χ0n) is 14.1. The van der Waals surface area contributed by atoms with Crippen LogP contribution in [-0.2, 0) is 11.2 Å². The molecule has 0 radical (unpaired) electrons. The van der Waals surface area contributed by atoms with Crippen LogP contribution >= 0.6 is 11.3 Å². The number of carbonyl (C=O) groups is 1. The first kappa shape index (κ1) is 17.6. The Bertz CT molecular complexity index is 940. The molecule has 26 heavy (non-hydrogen) atoms. The van der Waals surface area contributed by atoms with Crippen LogP contribution in [0.1, 0.15) is 10.6 Å². The van der Waals surface area contributed by atoms with Crippen molar-refractivity contribution in [2.24, 2.45) is 0 Å². The van der Waals surface area contributed by atoms with Gasteiger partial charge in [0, 0.05) is 17.5 Å². The molecule has 0 spiro atoms. The van der Waals surface area contributed by atoms with E-state index < -0.39 is 0 Å². The van der Waals surface area contributed by atoms with E-state index in [9.17, 15) is 10.1 Å². The summed E-state index contributed by atoms with van der Waals surface area (Å²) >= 11 is 1.41. The van der Waals surface area contributed by atoms with Crippen LogP contribution in [0.25, 0.3) is 17.3 Å². The lowest BCUT2D eigenvalue weighted by atomic mass is 10.1. The molecule has 3 aromatic rings. The molecule has 0 aliphatic carbocycles. The van der Waals surface area contributed by atoms with Gasteiger partial charge < -0.3 is 5.32 Å². The van der Waals surface area contributed by atoms with E-state index in [1.165, 1.54) is 17.4 Å². The summed E-state index contributed by atoms with van der Waals surface area (Å²) in [5.41, 5.74) is 3.05. The number of nitriles is 1. The third-order valence-electron chi connectivity index (χ3n) is 3.77. The van der Waals surface area contributed by atoms with E-state index in [1.807, 2.05) is 72.1 Å². The number of carbonyl (C=O) groups excluding carboxylic acids is 1. The fourth-order valence-electron chi connectivity index (χ4n) is 2.43. The van der Waals surface area contributed by atoms with Crippen molar-refractivity contribution in [3.63, 3.8) is 0 Å². The zero-order valence-corrected chi connectivity index (χ0v) is 14.9. The molecule has 128 valence electrons. The van der Waals surface area contributed by atoms with E-state index in [1.54, 1.807) is 0 Å². The summed E-state index contributed by atoms with van der Waals surface area (Å²) in [5, 5.41) is 14.6. The van der Waals surface area contributed by atoms with Gasteiger partial charge in [0.15, 0.2) is 0 Å². The largest absolute Gasteiger partial charge is 0.351 e. The second kappa shape index (κ2) is 8.75. The average molecular weight is 359 g/mol. The SMILES string of the molecule is N#C/C(=C/c1nc(-c2ccccc2)cs1)C(=O)NCCc1ccccc1. The number of thiazole rings is 1. The van der Waals surface area contributed by atoms with E-state index in [0.717, 1.165) is 23.2 Å². The summed E-state index contributed by atoms with van der Waals surface area (Å²) in [4.78, 5) is 16.7. The highest BCUT2D eigenvalue weighted by atomic mass is 32.1. The van der Waals surface area contributed by atoms with Crippen molar-refractivity contribution in [3.8, 4) is 17.3 Å². The molecular formula is C21H17N3OS. The molecular weight excluding hydrogens is 342 g/mol. The molecule has 0 saturated heterocycles. The highest BCUT2D eigenvalue weighted by Gasteiger charge is 2.10. The molecule has 5 heteroatoms. The molecule has 2 aromatic carbocycles. The van der Waals surface area contributed by atoms with E-state index in [2.05, 4.69) is 10.3 Å². The molecule has 0 unspecified atom stereocenters. The Hall–Kier alpha value is -3.23. The monoisotopic (exact) mass is 359 g/mol. The second-order valence-corrected chi connectivity index (χ2v) is 6.49. The Morgan fingerprint density at radius 2 is 1.81 bits per heavy atom. The fraction of sp³-hybridized carbons (Fsp3) is 0.0952. The first-order chi connectivity index (χ1) is 12.8. The minimum absolute atomic E-state index is 0.0621. The van der Waals surface area contributed by atoms with Crippen LogP contribution in [0.5, 0.6) is 0 Å². The van der Waals surface area contributed by atoms with Crippen LogP contribution in [0.2, 0.25) is 0 Å². The lowest BCUT2D eigenvalue weighted by Crippen LogP contribution is -2.26. The van der Waals surface area contributed by atoms with Crippen molar-refractivity contribution in [3.05, 3.63) is 82.2 Å². The molecule has 1 heterocycles. The van der Waals surface area contributed by atoms with Gasteiger partial charge in [-0.2, -0.15) is 5.26 Å². The number of amides is 1. The van der Waals surface area contributed by atoms with Gasteiger partial charge in [0.25, 0.3) is 5.91 Å². The third-order valence-corrected chi connectivity index (χ3v) is 4.56. The average Bonchev–Trinajstić information content (AvgIpc) is 3.16. The van der Waals surface area contributed by atoms with Crippen molar-refractivity contribution in [1.82, 2.24) is 10.3 Å². The van der Waals surface area contributed by atoms with Crippen molar-refractivity contribution >= 4 is 23.3 Å². The molecule has 0 fully saturated rings. The normalized spacial score (nSPS) is 11.0. The van der Waals surface area contributed by atoms with Crippen LogP contribution in [0.15, 0.2) is 71.6 Å². The van der Waals surface area contributed by atoms with Crippen LogP contribution in [0, 0.1) is 11.3 Å². The minimum atomic E-state index is -0.375. The maximum Gasteiger partial charge on any atom is 0.262 e. The van der Waals surface area contributed by atoms with Gasteiger partial charge in [-0.05, 0) is 18.1 Å². The summed E-state index contributed by atoms with van der Waals surface area (Å²) in [6, 6.07) is 21.7. The number of nitrogens with zero attached hydrogens (tertiary/aromatic N) is 2. The Labute approximate surface area is 156 Å². The number of aromatic nitrogens is 1. The predicted molar refractivity (Wildman–Crippen MR) is 104 cm³/mol. The molecule has 0 saturated carbocycles. The lowest BCUT2D eigenvalue weighted by Gasteiger charge is -2.04. The molecule has 0 bridgehead atoms. The number of rotatable bonds is 6. The summed E-state index contributed by atoms with van der Waals surface area (Å²) in [6.07, 6.45) is 2.26. The van der Waals surface area contributed by atoms with Crippen molar-refractivity contribution < 1.29 is 4.79 Å². The van der Waals surface area contributed by atoms with Gasteiger partial charge in [0.05, 0.1) is 5.69 Å². The van der Waals surface area contributed by atoms with E-state index in [0.29, 0.717) is 11.6 Å². The maximum absolute atomic E-state index is 12.2. The van der Waals surface area contributed by atoms with E-state index >= 15 is 0 Å². The summed E-state index contributed by atoms with van der Waals surface area (Å²) in [6.45, 7) is 0.481. The summed E-state index contributed by atoms with van der Waals surface area (Å²) in [5.74, 6) is -0.375. The van der Waals surface area contributed by atoms with Crippen LogP contribution in [0.4, 0.5) is 0 Å². The van der Waals surface area contributed by atoms with Crippen molar-refractivity contribution in [2.75, 3.05) is 6.54 Å². The Morgan fingerprint density at radius 1 is 1.12 bits per heavy atom. The predicted octanol–water partition coefficient (Wildman–Crippen LogP) is 4.08. The third kappa shape index (κ3) is 4.65. The first-order valence-electron chi connectivity index (χ1n) is 8.21. The quantitative estimate of drug-likeness (QED) is 0.533. The first-order valence-corrected chi connectivity index (χ1v) is 9.09. The summed E-state index contributed by atoms with van der Waals surface area (Å²) < 4.78 is 0. The van der Waals surface area contributed by atoms with Crippen LogP contribution in [-0.4, -0.2) is 17.4 Å². The van der Waals surface area contributed by atoms with E-state index in [-0.39, 0.29) is 11.5 Å². The lowest BCUT2D eigenvalue weighted by molar-refractivity contribution is -0.117. The standard InChI is InChI=1S/C21H17N3OS/c22-14-18(21(25)23-12-11-16-7-3-1-4-8-16)13-20-24-19(15-26-20)17-9-5-2-6-10-17/h1-10,13,15H,11-12H2,(H,23,25)/b18-13-. The Morgan fingerprint density at radius 3 is 2.50 bits per heavy atom. The van der Waals surface area contributed by atoms with Gasteiger partial charge in [0.1, 0.15) is 16.6 Å². The Balaban J connectivity index is 1.63. The minimum Gasteiger partial charge on any atom is -0.351 e. The molecule has 1 amide bonds. The highest BCUT2D eigenvalue weighted by Crippen LogP contribution is 2.22. The van der Waals surface area contributed by atoms with Gasteiger partial charge in [-0.15, -0.1) is 11.3 Å². The van der Waals surface area contributed by atoms with E-state index in [4.69, 9.17) is 0 Å². The second-order valence-electron chi connectivity index (χ2n) is 5.60. The Kier molecular flexibility index (Phi) is 5.92. The molecule has 3 rings (SSSR count). The summed E-state index contributed by atoms with van der Waals surface area (Å²) in [7, 11) is 0. The molecule has 4 nitrogen and oxygen atoms in total. The van der Waals surface area contributed by atoms with Crippen LogP contribution in [0.3, 0.4) is 0 Å². The number of nitrogens with one attached hydrogen (secondary N) is 1. The smallest absolute Gasteiger partial charge is 0.262 e. The molecule has 0 atom stereocenters.